The molecule has 0 saturated heterocycles. The van der Waals surface area contributed by atoms with Crippen LogP contribution >= 0.6 is 0 Å². The van der Waals surface area contributed by atoms with Gasteiger partial charge in [-0.05, 0) is 11.8 Å². The summed E-state index contributed by atoms with van der Waals surface area (Å²) in [5.41, 5.74) is 0. The Hall–Kier alpha value is 0. The molecule has 2 atom stereocenters. The van der Waals surface area contributed by atoms with Gasteiger partial charge >= 0.3 is 0 Å². The molecule has 0 amide bonds. The van der Waals surface area contributed by atoms with E-state index in [0.29, 0.717) is 0 Å². The maximum Gasteiger partial charge on any atom is -0.0414 e. The molecule has 0 spiro atoms. The first-order chi connectivity index (χ1) is 18.2. The molecular weight excluding hydrogens is 444 g/mol. The van der Waals surface area contributed by atoms with Crippen LogP contribution < -0.4 is 0 Å². The van der Waals surface area contributed by atoms with E-state index in [0.717, 1.165) is 11.8 Å². The van der Waals surface area contributed by atoms with Crippen LogP contribution in [0.4, 0.5) is 0 Å². The Labute approximate surface area is 238 Å². The third-order valence-electron chi connectivity index (χ3n) is 9.05. The van der Waals surface area contributed by atoms with Gasteiger partial charge in [0.2, 0.25) is 0 Å². The van der Waals surface area contributed by atoms with Crippen molar-refractivity contribution in [2.75, 3.05) is 0 Å². The van der Waals surface area contributed by atoms with Gasteiger partial charge in [-0.25, -0.2) is 0 Å². The van der Waals surface area contributed by atoms with Crippen LogP contribution in [0, 0.1) is 11.8 Å². The van der Waals surface area contributed by atoms with Crippen molar-refractivity contribution in [3.63, 3.8) is 0 Å². The highest BCUT2D eigenvalue weighted by Crippen LogP contribution is 2.27. The summed E-state index contributed by atoms with van der Waals surface area (Å²) in [7, 11) is 0. The quantitative estimate of drug-likeness (QED) is 0.0773. The molecule has 0 heterocycles. The van der Waals surface area contributed by atoms with Crippen molar-refractivity contribution in [1.82, 2.24) is 0 Å². The van der Waals surface area contributed by atoms with Crippen LogP contribution in [0.3, 0.4) is 0 Å². The Morgan fingerprint density at radius 1 is 0.270 bits per heavy atom. The summed E-state index contributed by atoms with van der Waals surface area (Å²) < 4.78 is 0. The molecule has 0 nitrogen and oxygen atoms in total. The summed E-state index contributed by atoms with van der Waals surface area (Å²) in [4.78, 5) is 0. The molecule has 0 aliphatic carbocycles. The smallest absolute Gasteiger partial charge is 0.0414 e. The molecule has 0 aliphatic rings. The minimum absolute atomic E-state index is 0.953. The summed E-state index contributed by atoms with van der Waals surface area (Å²) in [5, 5.41) is 0. The second kappa shape index (κ2) is 32.2. The van der Waals surface area contributed by atoms with E-state index in [1.807, 2.05) is 0 Å². The van der Waals surface area contributed by atoms with Crippen molar-refractivity contribution in [3.05, 3.63) is 0 Å². The Bertz CT molecular complexity index is 385. The molecule has 0 aromatic carbocycles. The average Bonchev–Trinajstić information content (AvgIpc) is 2.90. The average molecular weight is 521 g/mol. The first kappa shape index (κ1) is 37.0. The zero-order valence-electron chi connectivity index (χ0n) is 27.1. The van der Waals surface area contributed by atoms with E-state index >= 15 is 0 Å². The summed E-state index contributed by atoms with van der Waals surface area (Å²) in [6, 6.07) is 0. The van der Waals surface area contributed by atoms with Gasteiger partial charge in [0, 0.05) is 0 Å². The van der Waals surface area contributed by atoms with Gasteiger partial charge in [0.25, 0.3) is 0 Å². The van der Waals surface area contributed by atoms with Gasteiger partial charge < -0.3 is 0 Å². The van der Waals surface area contributed by atoms with Crippen molar-refractivity contribution in [2.45, 2.75) is 227 Å². The van der Waals surface area contributed by atoms with Gasteiger partial charge in [-0.2, -0.15) is 0 Å². The molecule has 224 valence electrons. The normalized spacial score (nSPS) is 13.3. The predicted octanol–water partition coefficient (Wildman–Crippen LogP) is 14.4. The number of hydrogen-bond donors (Lipinski definition) is 0. The van der Waals surface area contributed by atoms with E-state index in [1.165, 1.54) is 199 Å². The first-order valence-corrected chi connectivity index (χ1v) is 18.2. The molecule has 0 aliphatic heterocycles. The van der Waals surface area contributed by atoms with Crippen molar-refractivity contribution in [1.29, 1.82) is 0 Å². The maximum atomic E-state index is 2.55. The zero-order chi connectivity index (χ0) is 27.1. The van der Waals surface area contributed by atoms with Crippen molar-refractivity contribution in [2.24, 2.45) is 11.8 Å². The van der Waals surface area contributed by atoms with Crippen molar-refractivity contribution in [3.8, 4) is 0 Å². The van der Waals surface area contributed by atoms with E-state index in [1.54, 1.807) is 0 Å². The molecular formula is C37H76. The predicted molar refractivity (Wildman–Crippen MR) is 173 cm³/mol. The van der Waals surface area contributed by atoms with E-state index in [4.69, 9.17) is 0 Å². The van der Waals surface area contributed by atoms with Crippen LogP contribution in [0.2, 0.25) is 0 Å². The first-order valence-electron chi connectivity index (χ1n) is 18.2. The molecule has 0 rings (SSSR count). The fourth-order valence-corrected chi connectivity index (χ4v) is 6.21. The lowest BCUT2D eigenvalue weighted by atomic mass is 9.86. The topological polar surface area (TPSA) is 0 Å². The Morgan fingerprint density at radius 3 is 0.865 bits per heavy atom. The standard InChI is InChI=1S/C37H76/c1-5-8-11-14-17-20-21-24-27-30-33-37(32-29-26-23-19-16-13-10-7-3)35-34-36(4)31-28-25-22-18-15-12-9-6-2/h36-37H,5-35H2,1-4H3. The lowest BCUT2D eigenvalue weighted by molar-refractivity contribution is 0.334. The van der Waals surface area contributed by atoms with Gasteiger partial charge in [0.05, 0.1) is 0 Å². The van der Waals surface area contributed by atoms with Gasteiger partial charge in [-0.3, -0.25) is 0 Å². The van der Waals surface area contributed by atoms with Crippen LogP contribution in [0.1, 0.15) is 227 Å². The highest BCUT2D eigenvalue weighted by Gasteiger charge is 2.11. The van der Waals surface area contributed by atoms with Crippen LogP contribution in [-0.2, 0) is 0 Å². The molecule has 0 N–H and O–H groups in total. The van der Waals surface area contributed by atoms with Gasteiger partial charge in [-0.15, -0.1) is 0 Å². The Morgan fingerprint density at radius 2 is 0.541 bits per heavy atom. The fourth-order valence-electron chi connectivity index (χ4n) is 6.21. The third-order valence-corrected chi connectivity index (χ3v) is 9.05. The number of unbranched alkanes of at least 4 members (excludes halogenated alkanes) is 23. The highest BCUT2D eigenvalue weighted by atomic mass is 14.2. The summed E-state index contributed by atoms with van der Waals surface area (Å²) in [5.74, 6) is 1.98. The zero-order valence-corrected chi connectivity index (χ0v) is 27.1. The van der Waals surface area contributed by atoms with E-state index in [9.17, 15) is 0 Å². The number of hydrogen-bond acceptors (Lipinski definition) is 0. The second-order valence-corrected chi connectivity index (χ2v) is 13.0. The molecule has 2 unspecified atom stereocenters. The fraction of sp³-hybridized carbons (Fsp3) is 1.00. The SMILES string of the molecule is CCCCCCCCCCCCC(CCCCCCCCCC)CCC(C)CCCCCCCCCC. The van der Waals surface area contributed by atoms with E-state index < -0.39 is 0 Å². The monoisotopic (exact) mass is 521 g/mol. The maximum absolute atomic E-state index is 2.55. The van der Waals surface area contributed by atoms with Crippen molar-refractivity contribution >= 4 is 0 Å². The summed E-state index contributed by atoms with van der Waals surface area (Å²) >= 11 is 0. The van der Waals surface area contributed by atoms with E-state index in [-0.39, 0.29) is 0 Å². The van der Waals surface area contributed by atoms with Gasteiger partial charge in [0.15, 0.2) is 0 Å². The van der Waals surface area contributed by atoms with Crippen LogP contribution in [-0.4, -0.2) is 0 Å². The minimum atomic E-state index is 0.953. The van der Waals surface area contributed by atoms with Crippen LogP contribution in [0.5, 0.6) is 0 Å². The lowest BCUT2D eigenvalue weighted by Gasteiger charge is -2.20. The minimum Gasteiger partial charge on any atom is -0.0654 e. The molecule has 0 aromatic heterocycles. The van der Waals surface area contributed by atoms with Crippen LogP contribution in [0.15, 0.2) is 0 Å². The van der Waals surface area contributed by atoms with E-state index in [2.05, 4.69) is 27.7 Å². The van der Waals surface area contributed by atoms with Gasteiger partial charge in [-0.1, -0.05) is 227 Å². The molecule has 0 aromatic rings. The Kier molecular flexibility index (Phi) is 32.2. The second-order valence-electron chi connectivity index (χ2n) is 13.0. The number of rotatable bonds is 32. The Balaban J connectivity index is 4.00. The van der Waals surface area contributed by atoms with Gasteiger partial charge in [0.1, 0.15) is 0 Å². The lowest BCUT2D eigenvalue weighted by Crippen LogP contribution is -2.05. The molecule has 0 saturated carbocycles. The molecule has 0 heteroatoms. The molecule has 37 heavy (non-hydrogen) atoms. The third kappa shape index (κ3) is 30.4. The van der Waals surface area contributed by atoms with Crippen molar-refractivity contribution < 1.29 is 0 Å². The molecule has 0 bridgehead atoms. The van der Waals surface area contributed by atoms with Crippen LogP contribution in [0.25, 0.3) is 0 Å². The molecule has 0 radical (unpaired) electrons. The largest absolute Gasteiger partial charge is 0.0654 e. The highest BCUT2D eigenvalue weighted by molar-refractivity contribution is 4.65. The summed E-state index contributed by atoms with van der Waals surface area (Å²) in [6.45, 7) is 9.51. The summed E-state index contributed by atoms with van der Waals surface area (Å²) in [6.07, 6.45) is 45.7. The molecule has 0 fully saturated rings.